The maximum absolute atomic E-state index is 11.9. The summed E-state index contributed by atoms with van der Waals surface area (Å²) in [6, 6.07) is 22.4. The first kappa shape index (κ1) is 28.7. The number of ether oxygens (including phenoxy) is 4. The molecule has 0 saturated carbocycles. The van der Waals surface area contributed by atoms with E-state index in [-0.39, 0.29) is 13.2 Å². The molecule has 0 heterocycles. The van der Waals surface area contributed by atoms with Crippen molar-refractivity contribution in [2.75, 3.05) is 13.2 Å². The minimum absolute atomic E-state index is 0.175. The van der Waals surface area contributed by atoms with Gasteiger partial charge in [0.05, 0.1) is 13.2 Å². The van der Waals surface area contributed by atoms with Gasteiger partial charge in [0.15, 0.2) is 0 Å². The highest BCUT2D eigenvalue weighted by molar-refractivity contribution is 5.88. The van der Waals surface area contributed by atoms with Gasteiger partial charge in [-0.2, -0.15) is 0 Å². The monoisotopic (exact) mass is 526 g/mol. The molecule has 39 heavy (non-hydrogen) atoms. The molecule has 0 fully saturated rings. The van der Waals surface area contributed by atoms with Crippen molar-refractivity contribution in [2.45, 2.75) is 19.8 Å². The smallest absolute Gasteiger partial charge is 0.462 e. The van der Waals surface area contributed by atoms with Crippen molar-refractivity contribution in [2.24, 2.45) is 0 Å². The van der Waals surface area contributed by atoms with Crippen molar-refractivity contribution in [1.29, 1.82) is 0 Å². The van der Waals surface area contributed by atoms with Gasteiger partial charge in [0.1, 0.15) is 11.5 Å². The van der Waals surface area contributed by atoms with Gasteiger partial charge < -0.3 is 18.9 Å². The van der Waals surface area contributed by atoms with Gasteiger partial charge in [-0.15, -0.1) is 0 Å². The van der Waals surface area contributed by atoms with Crippen LogP contribution in [0.15, 0.2) is 110 Å². The summed E-state index contributed by atoms with van der Waals surface area (Å²) in [4.78, 5) is 34.5. The summed E-state index contributed by atoms with van der Waals surface area (Å²) in [5.74, 6) is -0.0592. The highest BCUT2D eigenvalue weighted by atomic mass is 16.7. The van der Waals surface area contributed by atoms with Crippen molar-refractivity contribution in [3.8, 4) is 33.8 Å². The maximum atomic E-state index is 11.9. The summed E-state index contributed by atoms with van der Waals surface area (Å²) in [5, 5.41) is 0. The molecular weight excluding hydrogens is 496 g/mol. The average molecular weight is 527 g/mol. The van der Waals surface area contributed by atoms with Crippen LogP contribution in [-0.4, -0.2) is 31.3 Å². The Balaban J connectivity index is 1.45. The Morgan fingerprint density at radius 2 is 1.08 bits per heavy atom. The Hall–Kier alpha value is -4.91. The SMILES string of the molecule is C=CC(=O)OCCC=CCCOC(=O)Oc1ccc(-c2ccc(-c3ccc(OC(=O)C(=C)C)cc3)cc2)cc1. The second-order valence-electron chi connectivity index (χ2n) is 8.42. The van der Waals surface area contributed by atoms with Gasteiger partial charge in [0.25, 0.3) is 0 Å². The molecule has 0 unspecified atom stereocenters. The number of hydrogen-bond donors (Lipinski definition) is 0. The lowest BCUT2D eigenvalue weighted by Gasteiger charge is -2.08. The second kappa shape index (κ2) is 14.7. The molecule has 200 valence electrons. The van der Waals surface area contributed by atoms with Crippen LogP contribution >= 0.6 is 0 Å². The van der Waals surface area contributed by atoms with Gasteiger partial charge in [-0.3, -0.25) is 0 Å². The predicted molar refractivity (Wildman–Crippen MR) is 149 cm³/mol. The zero-order valence-electron chi connectivity index (χ0n) is 21.8. The molecular formula is C32H30O7. The van der Waals surface area contributed by atoms with Crippen molar-refractivity contribution < 1.29 is 33.3 Å². The molecule has 0 spiro atoms. The van der Waals surface area contributed by atoms with Gasteiger partial charge >= 0.3 is 18.1 Å². The molecule has 0 aliphatic heterocycles. The summed E-state index contributed by atoms with van der Waals surface area (Å²) < 4.78 is 20.4. The van der Waals surface area contributed by atoms with Gasteiger partial charge in [0, 0.05) is 11.6 Å². The van der Waals surface area contributed by atoms with Crippen LogP contribution < -0.4 is 9.47 Å². The van der Waals surface area contributed by atoms with E-state index in [0.717, 1.165) is 28.3 Å². The fraction of sp³-hybridized carbons (Fsp3) is 0.156. The lowest BCUT2D eigenvalue weighted by molar-refractivity contribution is -0.137. The van der Waals surface area contributed by atoms with E-state index in [0.29, 0.717) is 29.9 Å². The summed E-state index contributed by atoms with van der Waals surface area (Å²) in [6.07, 6.45) is 5.11. The molecule has 0 N–H and O–H groups in total. The Kier molecular flexibility index (Phi) is 10.8. The fourth-order valence-electron chi connectivity index (χ4n) is 3.34. The molecule has 7 nitrogen and oxygen atoms in total. The normalized spacial score (nSPS) is 10.5. The molecule has 0 saturated heterocycles. The van der Waals surface area contributed by atoms with Crippen molar-refractivity contribution in [3.63, 3.8) is 0 Å². The zero-order chi connectivity index (χ0) is 28.0. The lowest BCUT2D eigenvalue weighted by Crippen LogP contribution is -2.11. The lowest BCUT2D eigenvalue weighted by atomic mass is 10.0. The highest BCUT2D eigenvalue weighted by Crippen LogP contribution is 2.27. The number of esters is 2. The summed E-state index contributed by atoms with van der Waals surface area (Å²) in [6.45, 7) is 8.95. The molecule has 3 aromatic carbocycles. The van der Waals surface area contributed by atoms with E-state index in [2.05, 4.69) is 13.2 Å². The Bertz CT molecular complexity index is 1320. The van der Waals surface area contributed by atoms with E-state index >= 15 is 0 Å². The summed E-state index contributed by atoms with van der Waals surface area (Å²) in [5.41, 5.74) is 4.32. The van der Waals surface area contributed by atoms with Crippen molar-refractivity contribution in [1.82, 2.24) is 0 Å². The third kappa shape index (κ3) is 9.48. The van der Waals surface area contributed by atoms with Crippen LogP contribution in [0.2, 0.25) is 0 Å². The molecule has 3 aromatic rings. The van der Waals surface area contributed by atoms with Crippen LogP contribution in [0.5, 0.6) is 11.5 Å². The molecule has 0 aromatic heterocycles. The van der Waals surface area contributed by atoms with Crippen molar-refractivity contribution in [3.05, 3.63) is 110 Å². The first-order valence-corrected chi connectivity index (χ1v) is 12.3. The standard InChI is InChI=1S/C32H30O7/c1-4-30(33)36-21-7-5-6-8-22-37-32(35)39-29-19-15-27(16-20-29)25-11-9-24(10-12-25)26-13-17-28(18-14-26)38-31(34)23(2)3/h4-6,9-20H,1-2,7-8,21-22H2,3H3. The number of rotatable bonds is 12. The minimum Gasteiger partial charge on any atom is -0.462 e. The zero-order valence-corrected chi connectivity index (χ0v) is 21.8. The molecule has 0 bridgehead atoms. The molecule has 0 atom stereocenters. The minimum atomic E-state index is -0.777. The van der Waals surface area contributed by atoms with Crippen LogP contribution in [-0.2, 0) is 19.1 Å². The Labute approximate surface area is 228 Å². The van der Waals surface area contributed by atoms with E-state index in [4.69, 9.17) is 18.9 Å². The molecule has 0 amide bonds. The van der Waals surface area contributed by atoms with E-state index in [1.165, 1.54) is 0 Å². The van der Waals surface area contributed by atoms with Crippen LogP contribution in [0.25, 0.3) is 22.3 Å². The maximum Gasteiger partial charge on any atom is 0.513 e. The number of carbonyl (C=O) groups is 3. The predicted octanol–water partition coefficient (Wildman–Crippen LogP) is 7.08. The van der Waals surface area contributed by atoms with Crippen LogP contribution in [0.3, 0.4) is 0 Å². The largest absolute Gasteiger partial charge is 0.513 e. The quantitative estimate of drug-likeness (QED) is 0.0622. The molecule has 0 aliphatic rings. The molecule has 7 heteroatoms. The summed E-state index contributed by atoms with van der Waals surface area (Å²) in [7, 11) is 0. The van der Waals surface area contributed by atoms with Gasteiger partial charge in [-0.1, -0.05) is 73.8 Å². The number of benzene rings is 3. The van der Waals surface area contributed by atoms with Gasteiger partial charge in [0.2, 0.25) is 0 Å². The Morgan fingerprint density at radius 3 is 1.51 bits per heavy atom. The van der Waals surface area contributed by atoms with Crippen LogP contribution in [0.4, 0.5) is 4.79 Å². The third-order valence-corrected chi connectivity index (χ3v) is 5.39. The topological polar surface area (TPSA) is 88.1 Å². The first-order valence-electron chi connectivity index (χ1n) is 12.3. The highest BCUT2D eigenvalue weighted by Gasteiger charge is 2.08. The third-order valence-electron chi connectivity index (χ3n) is 5.39. The van der Waals surface area contributed by atoms with Gasteiger partial charge in [-0.25, -0.2) is 14.4 Å². The fourth-order valence-corrected chi connectivity index (χ4v) is 3.34. The number of hydrogen-bond acceptors (Lipinski definition) is 7. The average Bonchev–Trinajstić information content (AvgIpc) is 2.95. The summed E-state index contributed by atoms with van der Waals surface area (Å²) >= 11 is 0. The van der Waals surface area contributed by atoms with Crippen LogP contribution in [0, 0.1) is 0 Å². The first-order chi connectivity index (χ1) is 18.9. The number of carbonyl (C=O) groups excluding carboxylic acids is 3. The van der Waals surface area contributed by atoms with E-state index in [1.54, 1.807) is 31.2 Å². The second-order valence-corrected chi connectivity index (χ2v) is 8.42. The van der Waals surface area contributed by atoms with Gasteiger partial charge in [-0.05, 0) is 66.3 Å². The van der Waals surface area contributed by atoms with Crippen molar-refractivity contribution >= 4 is 18.1 Å². The van der Waals surface area contributed by atoms with E-state index in [1.807, 2.05) is 60.7 Å². The molecule has 0 aliphatic carbocycles. The van der Waals surface area contributed by atoms with E-state index in [9.17, 15) is 14.4 Å². The van der Waals surface area contributed by atoms with Crippen LogP contribution in [0.1, 0.15) is 19.8 Å². The molecule has 0 radical (unpaired) electrons. The molecule has 3 rings (SSSR count). The van der Waals surface area contributed by atoms with E-state index < -0.39 is 18.1 Å². The Morgan fingerprint density at radius 1 is 0.667 bits per heavy atom.